The molecule has 0 heterocycles. The second-order valence-corrected chi connectivity index (χ2v) is 5.72. The average molecular weight is 252 g/mol. The molecule has 0 aromatic heterocycles. The van der Waals surface area contributed by atoms with E-state index in [1.54, 1.807) is 0 Å². The maximum absolute atomic E-state index is 12.1. The van der Waals surface area contributed by atoms with Crippen molar-refractivity contribution >= 4 is 23.5 Å². The Morgan fingerprint density at radius 3 is 1.67 bits per heavy atom. The molecule has 0 aliphatic heterocycles. The Hall–Kier alpha value is -1.72. The van der Waals surface area contributed by atoms with Crippen LogP contribution in [0.25, 0.3) is 0 Å². The van der Waals surface area contributed by atoms with E-state index in [4.69, 9.17) is 0 Å². The number of hydrogen-bond donors (Lipinski definition) is 2. The zero-order chi connectivity index (χ0) is 13.3. The first-order chi connectivity index (χ1) is 8.33. The van der Waals surface area contributed by atoms with E-state index in [2.05, 4.69) is 0 Å². The standard InChI is InChI=1S/C12H12O6/c13-7-5-1-6-3-12(7,10(17)18)4-11(2-5,8(6)14)9(15)16/h5-6H,1-4H2,(H,15,16)(H,17,18)/t5-,6-,11-,12+/m1/s1. The predicted molar refractivity (Wildman–Crippen MR) is 55.6 cm³/mol. The van der Waals surface area contributed by atoms with Crippen molar-refractivity contribution in [3.05, 3.63) is 0 Å². The molecule has 96 valence electrons. The average Bonchev–Trinajstić information content (AvgIpc) is 2.27. The van der Waals surface area contributed by atoms with E-state index in [-0.39, 0.29) is 30.8 Å². The fraction of sp³-hybridized carbons (Fsp3) is 0.667. The fourth-order valence-electron chi connectivity index (χ4n) is 4.10. The Labute approximate surface area is 102 Å². The van der Waals surface area contributed by atoms with Gasteiger partial charge in [-0.25, -0.2) is 0 Å². The summed E-state index contributed by atoms with van der Waals surface area (Å²) >= 11 is 0. The largest absolute Gasteiger partial charge is 0.480 e. The lowest BCUT2D eigenvalue weighted by Gasteiger charge is -2.55. The SMILES string of the molecule is O=C(O)[C@]12C[C@H]3C[C@H](C[C@](C(=O)O)(C1)C3=O)C2=O. The first-order valence-corrected chi connectivity index (χ1v) is 5.89. The van der Waals surface area contributed by atoms with Crippen LogP contribution in [0.2, 0.25) is 0 Å². The molecule has 4 bridgehead atoms. The van der Waals surface area contributed by atoms with Crippen molar-refractivity contribution in [3.63, 3.8) is 0 Å². The molecule has 2 N–H and O–H groups in total. The fourth-order valence-corrected chi connectivity index (χ4v) is 4.10. The molecule has 4 fully saturated rings. The smallest absolute Gasteiger partial charge is 0.317 e. The summed E-state index contributed by atoms with van der Waals surface area (Å²) in [6.07, 6.45) is -0.0892. The highest BCUT2D eigenvalue weighted by Crippen LogP contribution is 2.62. The molecule has 4 aliphatic rings. The molecule has 0 spiro atoms. The molecule has 0 aromatic rings. The summed E-state index contributed by atoms with van der Waals surface area (Å²) in [4.78, 5) is 47.1. The number of carboxylic acids is 2. The molecular formula is C12H12O6. The molecule has 0 radical (unpaired) electrons. The molecule has 6 heteroatoms. The maximum Gasteiger partial charge on any atom is 0.317 e. The second-order valence-electron chi connectivity index (χ2n) is 5.72. The highest BCUT2D eigenvalue weighted by Gasteiger charge is 2.72. The monoisotopic (exact) mass is 252 g/mol. The number of Topliss-reactive ketones (excluding diaryl/α,β-unsaturated/α-hetero) is 2. The van der Waals surface area contributed by atoms with Gasteiger partial charge in [0.1, 0.15) is 10.8 Å². The third kappa shape index (κ3) is 0.996. The van der Waals surface area contributed by atoms with Crippen molar-refractivity contribution in [2.75, 3.05) is 0 Å². The lowest BCUT2D eigenvalue weighted by atomic mass is 9.43. The van der Waals surface area contributed by atoms with E-state index in [0.717, 1.165) is 0 Å². The topological polar surface area (TPSA) is 109 Å². The molecule has 0 aromatic carbocycles. The number of aliphatic carboxylic acids is 2. The number of ketones is 2. The van der Waals surface area contributed by atoms with Crippen molar-refractivity contribution in [2.45, 2.75) is 25.7 Å². The van der Waals surface area contributed by atoms with Crippen LogP contribution in [0.3, 0.4) is 0 Å². The van der Waals surface area contributed by atoms with Gasteiger partial charge in [0.05, 0.1) is 0 Å². The van der Waals surface area contributed by atoms with Gasteiger partial charge in [-0.15, -0.1) is 0 Å². The van der Waals surface area contributed by atoms with Gasteiger partial charge in [0, 0.05) is 11.8 Å². The summed E-state index contributed by atoms with van der Waals surface area (Å²) in [6, 6.07) is 0. The van der Waals surface area contributed by atoms with Gasteiger partial charge in [0.15, 0.2) is 11.6 Å². The number of carboxylic acid groups (broad SMARTS) is 2. The van der Waals surface area contributed by atoms with Crippen molar-refractivity contribution < 1.29 is 29.4 Å². The zero-order valence-electron chi connectivity index (χ0n) is 9.51. The van der Waals surface area contributed by atoms with Gasteiger partial charge in [-0.1, -0.05) is 0 Å². The van der Waals surface area contributed by atoms with Crippen LogP contribution >= 0.6 is 0 Å². The van der Waals surface area contributed by atoms with Crippen LogP contribution in [0.1, 0.15) is 25.7 Å². The van der Waals surface area contributed by atoms with Gasteiger partial charge < -0.3 is 10.2 Å². The zero-order valence-corrected chi connectivity index (χ0v) is 9.51. The van der Waals surface area contributed by atoms with Crippen LogP contribution in [-0.2, 0) is 19.2 Å². The van der Waals surface area contributed by atoms with Gasteiger partial charge in [-0.3, -0.25) is 19.2 Å². The van der Waals surface area contributed by atoms with Crippen LogP contribution in [0, 0.1) is 22.7 Å². The van der Waals surface area contributed by atoms with Gasteiger partial charge in [-0.05, 0) is 25.7 Å². The third-order valence-electron chi connectivity index (χ3n) is 4.87. The van der Waals surface area contributed by atoms with Crippen LogP contribution in [0.4, 0.5) is 0 Å². The normalized spacial score (nSPS) is 45.3. The van der Waals surface area contributed by atoms with Crippen molar-refractivity contribution in [1.29, 1.82) is 0 Å². The van der Waals surface area contributed by atoms with Gasteiger partial charge >= 0.3 is 11.9 Å². The Bertz CT molecular complexity index is 465. The molecule has 0 saturated heterocycles. The van der Waals surface area contributed by atoms with Gasteiger partial charge in [0.25, 0.3) is 0 Å². The Morgan fingerprint density at radius 2 is 1.33 bits per heavy atom. The second kappa shape index (κ2) is 2.99. The molecule has 4 saturated carbocycles. The summed E-state index contributed by atoms with van der Waals surface area (Å²) in [6.45, 7) is 0. The Balaban J connectivity index is 2.18. The van der Waals surface area contributed by atoms with E-state index in [1.165, 1.54) is 0 Å². The van der Waals surface area contributed by atoms with E-state index in [1.807, 2.05) is 0 Å². The third-order valence-corrected chi connectivity index (χ3v) is 4.87. The van der Waals surface area contributed by atoms with Crippen LogP contribution < -0.4 is 0 Å². The quantitative estimate of drug-likeness (QED) is 0.674. The van der Waals surface area contributed by atoms with Crippen LogP contribution in [0.15, 0.2) is 0 Å². The molecule has 0 amide bonds. The van der Waals surface area contributed by atoms with Crippen LogP contribution in [0.5, 0.6) is 0 Å². The van der Waals surface area contributed by atoms with Crippen LogP contribution in [-0.4, -0.2) is 33.7 Å². The first-order valence-electron chi connectivity index (χ1n) is 5.89. The number of rotatable bonds is 2. The van der Waals surface area contributed by atoms with E-state index in [0.29, 0.717) is 6.42 Å². The molecule has 6 nitrogen and oxygen atoms in total. The summed E-state index contributed by atoms with van der Waals surface area (Å²) in [5.74, 6) is -4.48. The number of hydrogen-bond acceptors (Lipinski definition) is 4. The Kier molecular flexibility index (Phi) is 1.89. The van der Waals surface area contributed by atoms with E-state index >= 15 is 0 Å². The molecule has 4 aliphatic carbocycles. The highest BCUT2D eigenvalue weighted by atomic mass is 16.4. The number of carbonyl (C=O) groups excluding carboxylic acids is 2. The van der Waals surface area contributed by atoms with Crippen molar-refractivity contribution in [1.82, 2.24) is 0 Å². The molecule has 4 atom stereocenters. The molecule has 4 rings (SSSR count). The highest BCUT2D eigenvalue weighted by molar-refractivity contribution is 6.15. The Morgan fingerprint density at radius 1 is 0.944 bits per heavy atom. The number of carbonyl (C=O) groups is 4. The van der Waals surface area contributed by atoms with Gasteiger partial charge in [0.2, 0.25) is 0 Å². The maximum atomic E-state index is 12.1. The lowest BCUT2D eigenvalue weighted by Crippen LogP contribution is -2.67. The van der Waals surface area contributed by atoms with Crippen molar-refractivity contribution in [3.8, 4) is 0 Å². The van der Waals surface area contributed by atoms with E-state index in [9.17, 15) is 29.4 Å². The first kappa shape index (κ1) is 11.4. The summed E-state index contributed by atoms with van der Waals surface area (Å²) in [7, 11) is 0. The van der Waals surface area contributed by atoms with Gasteiger partial charge in [-0.2, -0.15) is 0 Å². The summed E-state index contributed by atoms with van der Waals surface area (Å²) < 4.78 is 0. The summed E-state index contributed by atoms with van der Waals surface area (Å²) in [5, 5.41) is 18.6. The summed E-state index contributed by atoms with van der Waals surface area (Å²) in [5.41, 5.74) is -3.28. The predicted octanol–water partition coefficient (Wildman–Crippen LogP) is 0.100. The minimum Gasteiger partial charge on any atom is -0.480 e. The molecular weight excluding hydrogens is 240 g/mol. The minimum absolute atomic E-state index is 0.0223. The minimum atomic E-state index is -1.64. The van der Waals surface area contributed by atoms with E-state index < -0.39 is 34.6 Å². The van der Waals surface area contributed by atoms with Crippen molar-refractivity contribution in [2.24, 2.45) is 22.7 Å². The molecule has 18 heavy (non-hydrogen) atoms. The molecule has 0 unspecified atom stereocenters. The lowest BCUT2D eigenvalue weighted by molar-refractivity contribution is -0.189.